The summed E-state index contributed by atoms with van der Waals surface area (Å²) >= 11 is 0. The van der Waals surface area contributed by atoms with Gasteiger partial charge < -0.3 is 15.7 Å². The first-order valence-electron chi connectivity index (χ1n) is 4.64. The Hall–Kier alpha value is -0.120. The molecule has 0 rings (SSSR count). The van der Waals surface area contributed by atoms with Gasteiger partial charge in [-0.15, -0.1) is 0 Å². The second-order valence-corrected chi connectivity index (χ2v) is 3.71. The molecule has 0 aromatic heterocycles. The van der Waals surface area contributed by atoms with Crippen molar-refractivity contribution in [3.63, 3.8) is 0 Å². The van der Waals surface area contributed by atoms with Crippen LogP contribution in [0.15, 0.2) is 0 Å². The van der Waals surface area contributed by atoms with Gasteiger partial charge in [-0.25, -0.2) is 0 Å². The highest BCUT2D eigenvalue weighted by molar-refractivity contribution is 4.59. The minimum atomic E-state index is -0.192. The lowest BCUT2D eigenvalue weighted by Gasteiger charge is -2.18. The quantitative estimate of drug-likeness (QED) is 0.614. The van der Waals surface area contributed by atoms with E-state index in [1.165, 1.54) is 0 Å². The number of aliphatic hydroxyl groups is 1. The predicted octanol–water partition coefficient (Wildman–Crippen LogP) is 0.426. The van der Waals surface area contributed by atoms with Crippen LogP contribution in [-0.2, 0) is 0 Å². The van der Waals surface area contributed by atoms with Crippen LogP contribution in [0.4, 0.5) is 0 Å². The maximum Gasteiger partial charge on any atom is 0.0524 e. The highest BCUT2D eigenvalue weighted by Crippen LogP contribution is 1.95. The highest BCUT2D eigenvalue weighted by atomic mass is 16.3. The number of rotatable bonds is 6. The summed E-state index contributed by atoms with van der Waals surface area (Å²) in [7, 11) is 2.06. The monoisotopic (exact) mass is 174 g/mol. The Kier molecular flexibility index (Phi) is 6.34. The molecule has 0 aromatic rings. The summed E-state index contributed by atoms with van der Waals surface area (Å²) in [6.07, 6.45) is 1.67. The number of hydrogen-bond donors (Lipinski definition) is 2. The van der Waals surface area contributed by atoms with E-state index in [1.807, 2.05) is 13.8 Å². The van der Waals surface area contributed by atoms with E-state index < -0.39 is 0 Å². The predicted molar refractivity (Wildman–Crippen MR) is 52.1 cm³/mol. The minimum absolute atomic E-state index is 0.192. The lowest BCUT2D eigenvalue weighted by Crippen LogP contribution is -2.28. The molecule has 0 aromatic carbocycles. The summed E-state index contributed by atoms with van der Waals surface area (Å²) in [4.78, 5) is 2.20. The van der Waals surface area contributed by atoms with Gasteiger partial charge in [0.1, 0.15) is 0 Å². The maximum absolute atomic E-state index is 9.03. The van der Waals surface area contributed by atoms with Crippen LogP contribution in [0.5, 0.6) is 0 Å². The zero-order valence-electron chi connectivity index (χ0n) is 8.45. The Morgan fingerprint density at radius 1 is 1.25 bits per heavy atom. The van der Waals surface area contributed by atoms with Crippen molar-refractivity contribution in [2.45, 2.75) is 38.8 Å². The fraction of sp³-hybridized carbons (Fsp3) is 1.00. The smallest absolute Gasteiger partial charge is 0.0524 e. The van der Waals surface area contributed by atoms with E-state index in [0.717, 1.165) is 25.9 Å². The van der Waals surface area contributed by atoms with Crippen LogP contribution in [-0.4, -0.2) is 42.3 Å². The minimum Gasteiger partial charge on any atom is -0.393 e. The zero-order valence-corrected chi connectivity index (χ0v) is 8.45. The maximum atomic E-state index is 9.03. The molecule has 0 radical (unpaired) electrons. The van der Waals surface area contributed by atoms with Crippen molar-refractivity contribution in [3.8, 4) is 0 Å². The van der Waals surface area contributed by atoms with E-state index in [4.69, 9.17) is 10.8 Å². The van der Waals surface area contributed by atoms with E-state index in [2.05, 4.69) is 11.9 Å². The first kappa shape index (κ1) is 11.9. The molecule has 3 nitrogen and oxygen atoms in total. The number of aliphatic hydroxyl groups excluding tert-OH is 1. The summed E-state index contributed by atoms with van der Waals surface area (Å²) < 4.78 is 0. The molecule has 12 heavy (non-hydrogen) atoms. The van der Waals surface area contributed by atoms with Crippen molar-refractivity contribution in [1.82, 2.24) is 4.90 Å². The second-order valence-electron chi connectivity index (χ2n) is 3.71. The van der Waals surface area contributed by atoms with Gasteiger partial charge in [-0.2, -0.15) is 0 Å². The van der Waals surface area contributed by atoms with Crippen molar-refractivity contribution < 1.29 is 5.11 Å². The molecule has 0 aliphatic carbocycles. The van der Waals surface area contributed by atoms with E-state index in [1.54, 1.807) is 0 Å². The number of hydrogen-bond acceptors (Lipinski definition) is 3. The Labute approximate surface area is 75.6 Å². The van der Waals surface area contributed by atoms with Gasteiger partial charge in [-0.3, -0.25) is 0 Å². The Morgan fingerprint density at radius 2 is 1.75 bits per heavy atom. The lowest BCUT2D eigenvalue weighted by atomic mass is 10.2. The van der Waals surface area contributed by atoms with Gasteiger partial charge in [0.2, 0.25) is 0 Å². The summed E-state index contributed by atoms with van der Waals surface area (Å²) in [5.41, 5.74) is 5.62. The summed E-state index contributed by atoms with van der Waals surface area (Å²) in [5.74, 6) is 0. The molecular weight excluding hydrogens is 152 g/mol. The van der Waals surface area contributed by atoms with E-state index in [0.29, 0.717) is 0 Å². The third-order valence-electron chi connectivity index (χ3n) is 1.89. The van der Waals surface area contributed by atoms with Gasteiger partial charge in [0.05, 0.1) is 6.10 Å². The molecule has 0 saturated heterocycles. The molecule has 0 fully saturated rings. The molecule has 2 atom stereocenters. The molecule has 3 heteroatoms. The third kappa shape index (κ3) is 7.98. The van der Waals surface area contributed by atoms with Crippen molar-refractivity contribution in [2.75, 3.05) is 20.1 Å². The van der Waals surface area contributed by atoms with Gasteiger partial charge in [0.15, 0.2) is 0 Å². The summed E-state index contributed by atoms with van der Waals surface area (Å²) in [5, 5.41) is 9.03. The lowest BCUT2D eigenvalue weighted by molar-refractivity contribution is 0.163. The average molecular weight is 174 g/mol. The van der Waals surface area contributed by atoms with Crippen molar-refractivity contribution >= 4 is 0 Å². The standard InChI is InChI=1S/C9H22N2O/c1-8(10)4-6-11(3)7-5-9(2)12/h8-9,12H,4-7,10H2,1-3H3. The largest absolute Gasteiger partial charge is 0.393 e. The first-order chi connectivity index (χ1) is 5.52. The molecule has 0 spiro atoms. The van der Waals surface area contributed by atoms with Gasteiger partial charge in [0, 0.05) is 12.6 Å². The number of nitrogens with two attached hydrogens (primary N) is 1. The molecule has 74 valence electrons. The van der Waals surface area contributed by atoms with Crippen molar-refractivity contribution in [3.05, 3.63) is 0 Å². The van der Waals surface area contributed by atoms with Crippen LogP contribution in [0.1, 0.15) is 26.7 Å². The average Bonchev–Trinajstić information content (AvgIpc) is 1.96. The summed E-state index contributed by atoms with van der Waals surface area (Å²) in [6, 6.07) is 0.277. The van der Waals surface area contributed by atoms with Crippen LogP contribution in [0.2, 0.25) is 0 Å². The van der Waals surface area contributed by atoms with Gasteiger partial charge >= 0.3 is 0 Å². The Balaban J connectivity index is 3.27. The van der Waals surface area contributed by atoms with Crippen LogP contribution in [0.25, 0.3) is 0 Å². The van der Waals surface area contributed by atoms with E-state index >= 15 is 0 Å². The molecule has 2 unspecified atom stereocenters. The van der Waals surface area contributed by atoms with Crippen LogP contribution in [0.3, 0.4) is 0 Å². The molecular formula is C9H22N2O. The van der Waals surface area contributed by atoms with Crippen LogP contribution >= 0.6 is 0 Å². The molecule has 0 saturated carbocycles. The van der Waals surface area contributed by atoms with E-state index in [-0.39, 0.29) is 12.1 Å². The molecule has 3 N–H and O–H groups in total. The fourth-order valence-corrected chi connectivity index (χ4v) is 0.943. The van der Waals surface area contributed by atoms with Gasteiger partial charge in [-0.05, 0) is 40.3 Å². The normalized spacial score (nSPS) is 16.5. The van der Waals surface area contributed by atoms with Crippen molar-refractivity contribution in [2.24, 2.45) is 5.73 Å². The third-order valence-corrected chi connectivity index (χ3v) is 1.89. The Bertz CT molecular complexity index is 92.7. The number of nitrogens with zero attached hydrogens (tertiary/aromatic N) is 1. The molecule has 0 aliphatic heterocycles. The molecule has 0 heterocycles. The fourth-order valence-electron chi connectivity index (χ4n) is 0.943. The second kappa shape index (κ2) is 6.40. The molecule has 0 amide bonds. The van der Waals surface area contributed by atoms with Gasteiger partial charge in [-0.1, -0.05) is 0 Å². The van der Waals surface area contributed by atoms with E-state index in [9.17, 15) is 0 Å². The molecule has 0 bridgehead atoms. The first-order valence-corrected chi connectivity index (χ1v) is 4.64. The van der Waals surface area contributed by atoms with Gasteiger partial charge in [0.25, 0.3) is 0 Å². The highest BCUT2D eigenvalue weighted by Gasteiger charge is 2.02. The van der Waals surface area contributed by atoms with Crippen molar-refractivity contribution in [1.29, 1.82) is 0 Å². The Morgan fingerprint density at radius 3 is 2.17 bits per heavy atom. The summed E-state index contributed by atoms with van der Waals surface area (Å²) in [6.45, 7) is 5.80. The zero-order chi connectivity index (χ0) is 9.56. The van der Waals surface area contributed by atoms with Crippen LogP contribution in [0, 0.1) is 0 Å². The van der Waals surface area contributed by atoms with Crippen LogP contribution < -0.4 is 5.73 Å². The topological polar surface area (TPSA) is 49.5 Å². The SMILES string of the molecule is CC(N)CCN(C)CCC(C)O. The molecule has 0 aliphatic rings.